The highest BCUT2D eigenvalue weighted by Crippen LogP contribution is 2.44. The standard InChI is InChI=1S/C11H17ClFN3O/c1-17-5-4-16-10(9(12)7-15-16)11(13)3-2-8(14)6-11/h7-8H,2-6,14H2,1H3. The molecule has 1 aromatic heterocycles. The molecule has 96 valence electrons. The molecule has 1 saturated carbocycles. The maximum absolute atomic E-state index is 14.8. The van der Waals surface area contributed by atoms with Crippen molar-refractivity contribution < 1.29 is 9.13 Å². The number of rotatable bonds is 4. The normalized spacial score (nSPS) is 28.8. The summed E-state index contributed by atoms with van der Waals surface area (Å²) in [6, 6.07) is -0.0955. The number of aromatic nitrogens is 2. The van der Waals surface area contributed by atoms with E-state index in [0.717, 1.165) is 0 Å². The van der Waals surface area contributed by atoms with Gasteiger partial charge in [0.2, 0.25) is 0 Å². The summed E-state index contributed by atoms with van der Waals surface area (Å²) in [6.07, 6.45) is 2.89. The molecule has 0 radical (unpaired) electrons. The van der Waals surface area contributed by atoms with Crippen molar-refractivity contribution in [1.82, 2.24) is 9.78 Å². The molecule has 2 rings (SSSR count). The molecule has 0 amide bonds. The van der Waals surface area contributed by atoms with E-state index in [2.05, 4.69) is 5.10 Å². The van der Waals surface area contributed by atoms with E-state index in [0.29, 0.717) is 43.1 Å². The van der Waals surface area contributed by atoms with E-state index in [1.807, 2.05) is 0 Å². The minimum absolute atomic E-state index is 0.0955. The fourth-order valence-corrected chi connectivity index (χ4v) is 2.71. The molecule has 2 unspecified atom stereocenters. The summed E-state index contributed by atoms with van der Waals surface area (Å²) in [5.74, 6) is 0. The van der Waals surface area contributed by atoms with Crippen LogP contribution in [0, 0.1) is 0 Å². The van der Waals surface area contributed by atoms with Gasteiger partial charge in [0.15, 0.2) is 5.67 Å². The summed E-state index contributed by atoms with van der Waals surface area (Å²) in [5.41, 5.74) is 4.78. The zero-order chi connectivity index (χ0) is 12.5. The third kappa shape index (κ3) is 2.46. The van der Waals surface area contributed by atoms with Crippen molar-refractivity contribution in [2.24, 2.45) is 5.73 Å². The Morgan fingerprint density at radius 1 is 1.76 bits per heavy atom. The van der Waals surface area contributed by atoms with Crippen molar-refractivity contribution in [1.29, 1.82) is 0 Å². The summed E-state index contributed by atoms with van der Waals surface area (Å²) >= 11 is 6.04. The van der Waals surface area contributed by atoms with Crippen LogP contribution in [-0.4, -0.2) is 29.5 Å². The molecule has 0 saturated heterocycles. The molecule has 17 heavy (non-hydrogen) atoms. The van der Waals surface area contributed by atoms with Crippen LogP contribution in [0.15, 0.2) is 6.20 Å². The third-order valence-corrected chi connectivity index (χ3v) is 3.50. The van der Waals surface area contributed by atoms with Gasteiger partial charge in [-0.2, -0.15) is 5.10 Å². The van der Waals surface area contributed by atoms with Crippen LogP contribution in [0.1, 0.15) is 25.0 Å². The van der Waals surface area contributed by atoms with Crippen molar-refractivity contribution >= 4 is 11.6 Å². The molecular weight excluding hydrogens is 245 g/mol. The van der Waals surface area contributed by atoms with E-state index < -0.39 is 5.67 Å². The molecule has 4 nitrogen and oxygen atoms in total. The van der Waals surface area contributed by atoms with E-state index in [9.17, 15) is 4.39 Å². The van der Waals surface area contributed by atoms with Crippen LogP contribution in [0.2, 0.25) is 5.02 Å². The summed E-state index contributed by atoms with van der Waals surface area (Å²) in [5, 5.41) is 4.46. The van der Waals surface area contributed by atoms with Crippen LogP contribution < -0.4 is 5.73 Å². The summed E-state index contributed by atoms with van der Waals surface area (Å²) < 4.78 is 21.4. The second-order valence-electron chi connectivity index (χ2n) is 4.53. The highest BCUT2D eigenvalue weighted by molar-refractivity contribution is 6.31. The van der Waals surface area contributed by atoms with Gasteiger partial charge in [0, 0.05) is 19.6 Å². The zero-order valence-electron chi connectivity index (χ0n) is 9.83. The number of ether oxygens (including phenoxy) is 1. The zero-order valence-corrected chi connectivity index (χ0v) is 10.6. The van der Waals surface area contributed by atoms with E-state index in [-0.39, 0.29) is 6.04 Å². The lowest BCUT2D eigenvalue weighted by Crippen LogP contribution is -2.25. The Morgan fingerprint density at radius 2 is 2.53 bits per heavy atom. The average Bonchev–Trinajstić information content (AvgIpc) is 2.80. The van der Waals surface area contributed by atoms with Crippen LogP contribution >= 0.6 is 11.6 Å². The molecule has 1 aromatic rings. The molecule has 1 aliphatic carbocycles. The maximum Gasteiger partial charge on any atom is 0.155 e. The van der Waals surface area contributed by atoms with Crippen molar-refractivity contribution in [3.8, 4) is 0 Å². The van der Waals surface area contributed by atoms with Gasteiger partial charge >= 0.3 is 0 Å². The predicted molar refractivity (Wildman–Crippen MR) is 63.7 cm³/mol. The Kier molecular flexibility index (Phi) is 3.70. The summed E-state index contributed by atoms with van der Waals surface area (Å²) in [7, 11) is 1.60. The molecule has 1 heterocycles. The largest absolute Gasteiger partial charge is 0.383 e. The molecular formula is C11H17ClFN3O. The monoisotopic (exact) mass is 261 g/mol. The van der Waals surface area contributed by atoms with Crippen LogP contribution in [0.3, 0.4) is 0 Å². The molecule has 1 aliphatic rings. The lowest BCUT2D eigenvalue weighted by Gasteiger charge is -2.21. The number of hydrogen-bond donors (Lipinski definition) is 1. The molecule has 0 aromatic carbocycles. The van der Waals surface area contributed by atoms with Gasteiger partial charge in [-0.05, 0) is 12.8 Å². The van der Waals surface area contributed by atoms with Gasteiger partial charge < -0.3 is 10.5 Å². The topological polar surface area (TPSA) is 53.1 Å². The van der Waals surface area contributed by atoms with Crippen LogP contribution in [-0.2, 0) is 17.0 Å². The molecule has 2 N–H and O–H groups in total. The first-order valence-corrected chi connectivity index (χ1v) is 6.10. The van der Waals surface area contributed by atoms with Gasteiger partial charge in [-0.1, -0.05) is 11.6 Å². The first kappa shape index (κ1) is 12.8. The number of methoxy groups -OCH3 is 1. The molecule has 6 heteroatoms. The van der Waals surface area contributed by atoms with Crippen LogP contribution in [0.5, 0.6) is 0 Å². The van der Waals surface area contributed by atoms with Crippen molar-refractivity contribution in [3.63, 3.8) is 0 Å². The van der Waals surface area contributed by atoms with Gasteiger partial charge in [-0.15, -0.1) is 0 Å². The smallest absolute Gasteiger partial charge is 0.155 e. The fraction of sp³-hybridized carbons (Fsp3) is 0.727. The molecule has 0 aliphatic heterocycles. The minimum atomic E-state index is -1.44. The first-order chi connectivity index (χ1) is 8.07. The van der Waals surface area contributed by atoms with Crippen LogP contribution in [0.4, 0.5) is 4.39 Å². The van der Waals surface area contributed by atoms with E-state index in [1.54, 1.807) is 11.8 Å². The molecule has 0 spiro atoms. The second-order valence-corrected chi connectivity index (χ2v) is 4.93. The quantitative estimate of drug-likeness (QED) is 0.900. The number of nitrogens with zero attached hydrogens (tertiary/aromatic N) is 2. The Balaban J connectivity index is 2.27. The minimum Gasteiger partial charge on any atom is -0.383 e. The SMILES string of the molecule is COCCn1ncc(Cl)c1C1(F)CCC(N)C1. The maximum atomic E-state index is 14.8. The summed E-state index contributed by atoms with van der Waals surface area (Å²) in [4.78, 5) is 0. The Bertz CT molecular complexity index is 398. The fourth-order valence-electron chi connectivity index (χ4n) is 2.40. The highest BCUT2D eigenvalue weighted by atomic mass is 35.5. The van der Waals surface area contributed by atoms with Crippen molar-refractivity contribution in [2.45, 2.75) is 37.5 Å². The molecule has 2 atom stereocenters. The second kappa shape index (κ2) is 4.92. The Labute approximate surface area is 105 Å². The summed E-state index contributed by atoms with van der Waals surface area (Å²) in [6.45, 7) is 0.979. The van der Waals surface area contributed by atoms with E-state index in [4.69, 9.17) is 22.1 Å². The number of nitrogens with two attached hydrogens (primary N) is 1. The van der Waals surface area contributed by atoms with Crippen molar-refractivity contribution in [2.75, 3.05) is 13.7 Å². The Morgan fingerprint density at radius 3 is 3.12 bits per heavy atom. The predicted octanol–water partition coefficient (Wildman–Crippen LogP) is 1.86. The third-order valence-electron chi connectivity index (χ3n) is 3.22. The number of halogens is 2. The number of alkyl halides is 1. The van der Waals surface area contributed by atoms with Crippen LogP contribution in [0.25, 0.3) is 0 Å². The van der Waals surface area contributed by atoms with E-state index >= 15 is 0 Å². The first-order valence-electron chi connectivity index (χ1n) is 5.72. The Hall–Kier alpha value is -0.650. The lowest BCUT2D eigenvalue weighted by atomic mass is 9.99. The average molecular weight is 262 g/mol. The van der Waals surface area contributed by atoms with Gasteiger partial charge in [0.25, 0.3) is 0 Å². The van der Waals surface area contributed by atoms with Gasteiger partial charge in [0.1, 0.15) is 0 Å². The van der Waals surface area contributed by atoms with Gasteiger partial charge in [-0.25, -0.2) is 4.39 Å². The highest BCUT2D eigenvalue weighted by Gasteiger charge is 2.43. The molecule has 1 fully saturated rings. The molecule has 0 bridgehead atoms. The van der Waals surface area contributed by atoms with Gasteiger partial charge in [-0.3, -0.25) is 4.68 Å². The van der Waals surface area contributed by atoms with Gasteiger partial charge in [0.05, 0.1) is 30.1 Å². The number of hydrogen-bond acceptors (Lipinski definition) is 3. The lowest BCUT2D eigenvalue weighted by molar-refractivity contribution is 0.144. The van der Waals surface area contributed by atoms with E-state index in [1.165, 1.54) is 6.20 Å². The van der Waals surface area contributed by atoms with Crippen molar-refractivity contribution in [3.05, 3.63) is 16.9 Å².